The SMILES string of the molecule is CC(C)(C)Sc1cnccc1-c1ccccc1. The highest BCUT2D eigenvalue weighted by molar-refractivity contribution is 8.00. The van der Waals surface area contributed by atoms with Gasteiger partial charge in [-0.2, -0.15) is 0 Å². The number of hydrogen-bond donors (Lipinski definition) is 0. The van der Waals surface area contributed by atoms with Gasteiger partial charge >= 0.3 is 0 Å². The van der Waals surface area contributed by atoms with Crippen molar-refractivity contribution in [1.29, 1.82) is 0 Å². The Kier molecular flexibility index (Phi) is 3.53. The monoisotopic (exact) mass is 243 g/mol. The normalized spacial score (nSPS) is 11.5. The topological polar surface area (TPSA) is 12.9 Å². The molecule has 1 nitrogen and oxygen atoms in total. The summed E-state index contributed by atoms with van der Waals surface area (Å²) in [5, 5.41) is 0. The molecule has 2 rings (SSSR count). The molecule has 0 bridgehead atoms. The molecule has 17 heavy (non-hydrogen) atoms. The smallest absolute Gasteiger partial charge is 0.0410 e. The minimum absolute atomic E-state index is 0.201. The maximum Gasteiger partial charge on any atom is 0.0410 e. The number of benzene rings is 1. The van der Waals surface area contributed by atoms with Crippen LogP contribution in [0.5, 0.6) is 0 Å². The van der Waals surface area contributed by atoms with Crippen LogP contribution in [0.3, 0.4) is 0 Å². The summed E-state index contributed by atoms with van der Waals surface area (Å²) >= 11 is 1.86. The number of rotatable bonds is 2. The molecule has 0 radical (unpaired) electrons. The third-order valence-corrected chi connectivity index (χ3v) is 3.44. The molecule has 0 aliphatic rings. The van der Waals surface area contributed by atoms with Gasteiger partial charge in [0.2, 0.25) is 0 Å². The van der Waals surface area contributed by atoms with Crippen LogP contribution in [-0.4, -0.2) is 9.73 Å². The van der Waals surface area contributed by atoms with Crippen LogP contribution in [0.15, 0.2) is 53.7 Å². The Hall–Kier alpha value is -1.28. The maximum atomic E-state index is 4.23. The van der Waals surface area contributed by atoms with Crippen molar-refractivity contribution in [2.45, 2.75) is 30.4 Å². The number of thioether (sulfide) groups is 1. The molecule has 0 atom stereocenters. The Balaban J connectivity index is 2.41. The van der Waals surface area contributed by atoms with Crippen molar-refractivity contribution in [1.82, 2.24) is 4.98 Å². The molecule has 1 aromatic carbocycles. The molecule has 0 saturated heterocycles. The largest absolute Gasteiger partial charge is 0.264 e. The molecular formula is C15H17NS. The van der Waals surface area contributed by atoms with Crippen molar-refractivity contribution < 1.29 is 0 Å². The number of aromatic nitrogens is 1. The van der Waals surface area contributed by atoms with Crippen LogP contribution in [0.4, 0.5) is 0 Å². The lowest BCUT2D eigenvalue weighted by Crippen LogP contribution is -2.07. The standard InChI is InChI=1S/C15H17NS/c1-15(2,3)17-14-11-16-10-9-13(14)12-7-5-4-6-8-12/h4-11H,1-3H3. The minimum atomic E-state index is 0.201. The van der Waals surface area contributed by atoms with Gasteiger partial charge in [0.15, 0.2) is 0 Å². The highest BCUT2D eigenvalue weighted by atomic mass is 32.2. The summed E-state index contributed by atoms with van der Waals surface area (Å²) in [5.41, 5.74) is 2.52. The molecule has 1 heterocycles. The molecule has 0 amide bonds. The highest BCUT2D eigenvalue weighted by Crippen LogP contribution is 2.37. The van der Waals surface area contributed by atoms with E-state index in [9.17, 15) is 0 Å². The van der Waals surface area contributed by atoms with Gasteiger partial charge in [-0.25, -0.2) is 0 Å². The van der Waals surface area contributed by atoms with E-state index in [-0.39, 0.29) is 4.75 Å². The van der Waals surface area contributed by atoms with Crippen molar-refractivity contribution in [3.63, 3.8) is 0 Å². The van der Waals surface area contributed by atoms with Crippen LogP contribution in [-0.2, 0) is 0 Å². The van der Waals surface area contributed by atoms with Crippen LogP contribution in [0.1, 0.15) is 20.8 Å². The van der Waals surface area contributed by atoms with Gasteiger partial charge < -0.3 is 0 Å². The van der Waals surface area contributed by atoms with Gasteiger partial charge in [0.05, 0.1) is 0 Å². The van der Waals surface area contributed by atoms with Crippen LogP contribution in [0, 0.1) is 0 Å². The predicted molar refractivity (Wildman–Crippen MR) is 75.3 cm³/mol. The van der Waals surface area contributed by atoms with Gasteiger partial charge in [0.25, 0.3) is 0 Å². The fourth-order valence-electron chi connectivity index (χ4n) is 1.65. The van der Waals surface area contributed by atoms with E-state index < -0.39 is 0 Å². The molecular weight excluding hydrogens is 226 g/mol. The lowest BCUT2D eigenvalue weighted by molar-refractivity contribution is 0.802. The molecule has 0 saturated carbocycles. The van der Waals surface area contributed by atoms with E-state index in [1.54, 1.807) is 0 Å². The average Bonchev–Trinajstić information content (AvgIpc) is 2.29. The first-order chi connectivity index (χ1) is 8.06. The summed E-state index contributed by atoms with van der Waals surface area (Å²) < 4.78 is 0.201. The summed E-state index contributed by atoms with van der Waals surface area (Å²) in [4.78, 5) is 5.48. The Morgan fingerprint density at radius 3 is 2.35 bits per heavy atom. The first-order valence-corrected chi connectivity index (χ1v) is 6.56. The summed E-state index contributed by atoms with van der Waals surface area (Å²) in [6.07, 6.45) is 3.81. The number of hydrogen-bond acceptors (Lipinski definition) is 2. The zero-order chi connectivity index (χ0) is 12.3. The van der Waals surface area contributed by atoms with Crippen molar-refractivity contribution in [3.05, 3.63) is 48.8 Å². The average molecular weight is 243 g/mol. The number of pyridine rings is 1. The van der Waals surface area contributed by atoms with E-state index in [0.717, 1.165) is 0 Å². The van der Waals surface area contributed by atoms with Gasteiger partial charge in [-0.1, -0.05) is 51.1 Å². The third kappa shape index (κ3) is 3.34. The predicted octanol–water partition coefficient (Wildman–Crippen LogP) is 4.64. The lowest BCUT2D eigenvalue weighted by atomic mass is 10.1. The van der Waals surface area contributed by atoms with Crippen LogP contribution >= 0.6 is 11.8 Å². The Bertz CT molecular complexity index is 486. The summed E-state index contributed by atoms with van der Waals surface area (Å²) in [6, 6.07) is 12.6. The van der Waals surface area contributed by atoms with Crippen LogP contribution in [0.2, 0.25) is 0 Å². The quantitative estimate of drug-likeness (QED) is 0.713. The minimum Gasteiger partial charge on any atom is -0.264 e. The van der Waals surface area contributed by atoms with E-state index in [0.29, 0.717) is 0 Å². The van der Waals surface area contributed by atoms with E-state index in [4.69, 9.17) is 0 Å². The summed E-state index contributed by atoms with van der Waals surface area (Å²) in [6.45, 7) is 6.66. The molecule has 2 aromatic rings. The van der Waals surface area contributed by atoms with E-state index >= 15 is 0 Å². The second-order valence-electron chi connectivity index (χ2n) is 4.95. The third-order valence-electron chi connectivity index (χ3n) is 2.29. The van der Waals surface area contributed by atoms with Gasteiger partial charge in [0.1, 0.15) is 0 Å². The zero-order valence-corrected chi connectivity index (χ0v) is 11.3. The molecule has 0 unspecified atom stereocenters. The Morgan fingerprint density at radius 2 is 1.71 bits per heavy atom. The second-order valence-corrected chi connectivity index (χ2v) is 6.82. The molecule has 0 fully saturated rings. The molecule has 88 valence electrons. The molecule has 0 N–H and O–H groups in total. The molecule has 0 spiro atoms. The maximum absolute atomic E-state index is 4.23. The van der Waals surface area contributed by atoms with Crippen molar-refractivity contribution >= 4 is 11.8 Å². The molecule has 1 aromatic heterocycles. The van der Waals surface area contributed by atoms with Gasteiger partial charge in [-0.05, 0) is 17.2 Å². The summed E-state index contributed by atoms with van der Waals surface area (Å²) in [5.74, 6) is 0. The van der Waals surface area contributed by atoms with Crippen LogP contribution in [0.25, 0.3) is 11.1 Å². The van der Waals surface area contributed by atoms with E-state index in [2.05, 4.69) is 56.1 Å². The van der Waals surface area contributed by atoms with E-state index in [1.807, 2.05) is 30.2 Å². The fourth-order valence-corrected chi connectivity index (χ4v) is 2.72. The summed E-state index contributed by atoms with van der Waals surface area (Å²) in [7, 11) is 0. The van der Waals surface area contributed by atoms with Gasteiger partial charge in [0, 0.05) is 22.0 Å². The second kappa shape index (κ2) is 4.92. The van der Waals surface area contributed by atoms with Gasteiger partial charge in [-0.15, -0.1) is 11.8 Å². The molecule has 0 aliphatic heterocycles. The molecule has 0 aliphatic carbocycles. The number of nitrogens with zero attached hydrogens (tertiary/aromatic N) is 1. The highest BCUT2D eigenvalue weighted by Gasteiger charge is 2.15. The van der Waals surface area contributed by atoms with Gasteiger partial charge in [-0.3, -0.25) is 4.98 Å². The first-order valence-electron chi connectivity index (χ1n) is 5.75. The van der Waals surface area contributed by atoms with Crippen molar-refractivity contribution in [2.24, 2.45) is 0 Å². The van der Waals surface area contributed by atoms with Crippen molar-refractivity contribution in [3.8, 4) is 11.1 Å². The first kappa shape index (κ1) is 12.2. The zero-order valence-electron chi connectivity index (χ0n) is 10.5. The van der Waals surface area contributed by atoms with E-state index in [1.165, 1.54) is 16.0 Å². The Labute approximate surface area is 107 Å². The van der Waals surface area contributed by atoms with Crippen molar-refractivity contribution in [2.75, 3.05) is 0 Å². The lowest BCUT2D eigenvalue weighted by Gasteiger charge is -2.19. The Morgan fingerprint density at radius 1 is 1.00 bits per heavy atom. The fraction of sp³-hybridized carbons (Fsp3) is 0.267. The van der Waals surface area contributed by atoms with Crippen LogP contribution < -0.4 is 0 Å². The molecule has 2 heteroatoms.